The Morgan fingerprint density at radius 3 is 2.23 bits per heavy atom. The van der Waals surface area contributed by atoms with E-state index in [1.54, 1.807) is 14.1 Å². The zero-order valence-corrected chi connectivity index (χ0v) is 18.0. The topological polar surface area (TPSA) is 94.1 Å². The maximum absolute atomic E-state index is 12.5. The number of halogens is 4. The second-order valence-corrected chi connectivity index (χ2v) is 7.74. The molecule has 0 saturated carbocycles. The molecule has 0 spiro atoms. The Balaban J connectivity index is 0.00000625. The third-order valence-corrected chi connectivity index (χ3v) is 5.41. The molecule has 1 rings (SSSR count). The number of rotatable bonds is 5. The van der Waals surface area contributed by atoms with E-state index in [0.29, 0.717) is 16.8 Å². The van der Waals surface area contributed by atoms with Gasteiger partial charge in [-0.15, -0.1) is 24.0 Å². The zero-order valence-electron chi connectivity index (χ0n) is 14.8. The molecule has 1 aliphatic rings. The molecule has 2 N–H and O–H groups in total. The van der Waals surface area contributed by atoms with Gasteiger partial charge in [0, 0.05) is 53.2 Å². The van der Waals surface area contributed by atoms with Crippen LogP contribution in [0.3, 0.4) is 0 Å². The van der Waals surface area contributed by atoms with Gasteiger partial charge in [-0.1, -0.05) is 0 Å². The number of hydrogen-bond acceptors (Lipinski definition) is 4. The van der Waals surface area contributed by atoms with E-state index in [-0.39, 0.29) is 68.3 Å². The molecule has 0 aromatic heterocycles. The number of carbonyl (C=O) groups excluding carboxylic acids is 1. The molecule has 0 bridgehead atoms. The molecule has 0 radical (unpaired) electrons. The van der Waals surface area contributed by atoms with Crippen molar-refractivity contribution in [1.29, 1.82) is 0 Å². The molecular formula is C13H25F3IN5O3S. The molecule has 0 aliphatic carbocycles. The van der Waals surface area contributed by atoms with Gasteiger partial charge in [0.25, 0.3) is 0 Å². The average molecular weight is 515 g/mol. The number of nitrogens with one attached hydrogen (secondary N) is 2. The van der Waals surface area contributed by atoms with E-state index in [1.165, 1.54) is 11.9 Å². The number of carbonyl (C=O) groups is 1. The summed E-state index contributed by atoms with van der Waals surface area (Å²) in [6.07, 6.45) is 0.731. The summed E-state index contributed by atoms with van der Waals surface area (Å²) in [6.45, 7) is -0.0662. The molecule has 154 valence electrons. The summed E-state index contributed by atoms with van der Waals surface area (Å²) in [5, 5.41) is 5.98. The average Bonchev–Trinajstić information content (AvgIpc) is 2.53. The van der Waals surface area contributed by atoms with Crippen LogP contribution in [0.4, 0.5) is 13.2 Å². The standard InChI is InChI=1S/C13H24F3N5O3S.HI/c1-17-12(18-7-4-11(22)20(2)3)19-10-5-8-21(9-6-10)25(23,24)13(14,15)16;/h10H,4-9H2,1-3H3,(H2,17,18,19);1H. The highest BCUT2D eigenvalue weighted by atomic mass is 127. The highest BCUT2D eigenvalue weighted by molar-refractivity contribution is 14.0. The SMILES string of the molecule is CN=C(NCCC(=O)N(C)C)NC1CCN(S(=O)(=O)C(F)(F)F)CC1.I. The number of piperidine rings is 1. The Hall–Kier alpha value is -0.830. The van der Waals surface area contributed by atoms with Crippen molar-refractivity contribution >= 4 is 45.9 Å². The molecule has 1 saturated heterocycles. The van der Waals surface area contributed by atoms with E-state index in [1.807, 2.05) is 0 Å². The summed E-state index contributed by atoms with van der Waals surface area (Å²) >= 11 is 0. The number of amides is 1. The second kappa shape index (κ2) is 10.5. The molecule has 0 aromatic carbocycles. The number of sulfonamides is 1. The van der Waals surface area contributed by atoms with Gasteiger partial charge < -0.3 is 15.5 Å². The molecule has 1 amide bonds. The molecule has 8 nitrogen and oxygen atoms in total. The molecule has 0 aromatic rings. The molecule has 1 aliphatic heterocycles. The number of guanidine groups is 1. The minimum Gasteiger partial charge on any atom is -0.356 e. The van der Waals surface area contributed by atoms with Gasteiger partial charge in [-0.25, -0.2) is 8.42 Å². The highest BCUT2D eigenvalue weighted by Crippen LogP contribution is 2.28. The number of hydrogen-bond donors (Lipinski definition) is 2. The van der Waals surface area contributed by atoms with Crippen molar-refractivity contribution in [2.24, 2.45) is 4.99 Å². The minimum atomic E-state index is -5.27. The van der Waals surface area contributed by atoms with E-state index in [9.17, 15) is 26.4 Å². The predicted molar refractivity (Wildman–Crippen MR) is 103 cm³/mol. The van der Waals surface area contributed by atoms with Crippen LogP contribution in [0.1, 0.15) is 19.3 Å². The number of aliphatic imine (C=N–C) groups is 1. The smallest absolute Gasteiger partial charge is 0.356 e. The summed E-state index contributed by atoms with van der Waals surface area (Å²) in [5.41, 5.74) is -5.27. The van der Waals surface area contributed by atoms with Crippen molar-refractivity contribution in [3.8, 4) is 0 Å². The van der Waals surface area contributed by atoms with Gasteiger partial charge in [-0.3, -0.25) is 9.79 Å². The zero-order chi connectivity index (χ0) is 19.3. The lowest BCUT2D eigenvalue weighted by atomic mass is 10.1. The monoisotopic (exact) mass is 515 g/mol. The molecule has 13 heteroatoms. The summed E-state index contributed by atoms with van der Waals surface area (Å²) in [5.74, 6) is 0.373. The van der Waals surface area contributed by atoms with Gasteiger partial charge in [0.15, 0.2) is 5.96 Å². The summed E-state index contributed by atoms with van der Waals surface area (Å²) < 4.78 is 60.8. The molecule has 26 heavy (non-hydrogen) atoms. The maximum atomic E-state index is 12.5. The summed E-state index contributed by atoms with van der Waals surface area (Å²) in [4.78, 5) is 16.9. The van der Waals surface area contributed by atoms with Crippen molar-refractivity contribution < 1.29 is 26.4 Å². The van der Waals surface area contributed by atoms with Crippen molar-refractivity contribution in [3.05, 3.63) is 0 Å². The van der Waals surface area contributed by atoms with E-state index in [2.05, 4.69) is 15.6 Å². The van der Waals surface area contributed by atoms with Crippen LogP contribution in [-0.4, -0.2) is 81.8 Å². The van der Waals surface area contributed by atoms with Gasteiger partial charge >= 0.3 is 15.5 Å². The first-order valence-corrected chi connectivity index (χ1v) is 9.16. The number of alkyl halides is 3. The van der Waals surface area contributed by atoms with Gasteiger partial charge in [-0.2, -0.15) is 17.5 Å². The molecule has 0 atom stereocenters. The first-order chi connectivity index (χ1) is 11.5. The maximum Gasteiger partial charge on any atom is 0.511 e. The fourth-order valence-electron chi connectivity index (χ4n) is 2.29. The van der Waals surface area contributed by atoms with Crippen LogP contribution in [0.5, 0.6) is 0 Å². The van der Waals surface area contributed by atoms with Crippen LogP contribution in [0.15, 0.2) is 4.99 Å². The molecule has 1 fully saturated rings. The van der Waals surface area contributed by atoms with Gasteiger partial charge in [0.1, 0.15) is 0 Å². The fraction of sp³-hybridized carbons (Fsp3) is 0.846. The Morgan fingerprint density at radius 2 is 1.81 bits per heavy atom. The van der Waals surface area contributed by atoms with Crippen LogP contribution in [-0.2, 0) is 14.8 Å². The Labute approximate surface area is 168 Å². The van der Waals surface area contributed by atoms with Crippen LogP contribution in [0, 0.1) is 0 Å². The molecular weight excluding hydrogens is 490 g/mol. The first kappa shape index (κ1) is 25.2. The third kappa shape index (κ3) is 7.06. The summed E-state index contributed by atoms with van der Waals surface area (Å²) in [6, 6.07) is -0.199. The quantitative estimate of drug-likeness (QED) is 0.317. The lowest BCUT2D eigenvalue weighted by Gasteiger charge is -2.32. The van der Waals surface area contributed by atoms with Gasteiger partial charge in [0.05, 0.1) is 0 Å². The van der Waals surface area contributed by atoms with Gasteiger partial charge in [-0.05, 0) is 12.8 Å². The van der Waals surface area contributed by atoms with Crippen LogP contribution in [0.25, 0.3) is 0 Å². The summed E-state index contributed by atoms with van der Waals surface area (Å²) in [7, 11) is -0.435. The van der Waals surface area contributed by atoms with Crippen molar-refractivity contribution in [2.75, 3.05) is 40.8 Å². The van der Waals surface area contributed by atoms with Crippen LogP contribution >= 0.6 is 24.0 Å². The first-order valence-electron chi connectivity index (χ1n) is 7.72. The lowest BCUT2D eigenvalue weighted by Crippen LogP contribution is -2.51. The largest absolute Gasteiger partial charge is 0.511 e. The van der Waals surface area contributed by atoms with Gasteiger partial charge in [0.2, 0.25) is 5.91 Å². The second-order valence-electron chi connectivity index (χ2n) is 5.81. The van der Waals surface area contributed by atoms with Crippen molar-refractivity contribution in [2.45, 2.75) is 30.8 Å². The van der Waals surface area contributed by atoms with Crippen molar-refractivity contribution in [3.63, 3.8) is 0 Å². The Morgan fingerprint density at radius 1 is 1.27 bits per heavy atom. The van der Waals surface area contributed by atoms with E-state index >= 15 is 0 Å². The Bertz CT molecular complexity index is 590. The van der Waals surface area contributed by atoms with Crippen LogP contribution < -0.4 is 10.6 Å². The molecule has 1 heterocycles. The van der Waals surface area contributed by atoms with Crippen LogP contribution in [0.2, 0.25) is 0 Å². The van der Waals surface area contributed by atoms with E-state index in [4.69, 9.17) is 0 Å². The number of nitrogens with zero attached hydrogens (tertiary/aromatic N) is 3. The van der Waals surface area contributed by atoms with E-state index < -0.39 is 15.5 Å². The normalized spacial score (nSPS) is 17.4. The molecule has 0 unspecified atom stereocenters. The minimum absolute atomic E-state index is 0. The highest BCUT2D eigenvalue weighted by Gasteiger charge is 2.50. The fourth-order valence-corrected chi connectivity index (χ4v) is 3.27. The van der Waals surface area contributed by atoms with Crippen molar-refractivity contribution in [1.82, 2.24) is 19.8 Å². The Kier molecular flexibility index (Phi) is 10.2. The predicted octanol–water partition coefficient (Wildman–Crippen LogP) is 0.562. The third-order valence-electron chi connectivity index (χ3n) is 3.78. The van der Waals surface area contributed by atoms with E-state index in [0.717, 1.165) is 0 Å². The lowest BCUT2D eigenvalue weighted by molar-refractivity contribution is -0.128.